The lowest BCUT2D eigenvalue weighted by Gasteiger charge is -2.28. The normalized spacial score (nSPS) is 17.7. The highest BCUT2D eigenvalue weighted by atomic mass is 32.2. The summed E-state index contributed by atoms with van der Waals surface area (Å²) in [5.74, 6) is 0.757. The zero-order chi connectivity index (χ0) is 18.7. The molecule has 6 nitrogen and oxygen atoms in total. The zero-order valence-corrected chi connectivity index (χ0v) is 15.3. The topological polar surface area (TPSA) is 72.9 Å². The maximum Gasteiger partial charge on any atom is 0.258 e. The molecule has 2 aromatic rings. The van der Waals surface area contributed by atoms with E-state index < -0.39 is 15.9 Å². The van der Waals surface area contributed by atoms with Crippen molar-refractivity contribution in [1.29, 1.82) is 0 Å². The van der Waals surface area contributed by atoms with Gasteiger partial charge in [-0.15, -0.1) is 0 Å². The van der Waals surface area contributed by atoms with Crippen LogP contribution in [0, 0.1) is 0 Å². The molecule has 0 N–H and O–H groups in total. The quantitative estimate of drug-likeness (QED) is 0.806. The second kappa shape index (κ2) is 7.21. The van der Waals surface area contributed by atoms with Crippen LogP contribution in [-0.2, 0) is 9.84 Å². The fraction of sp³-hybridized carbons (Fsp3) is 0.211. The molecule has 3 rings (SSSR count). The van der Waals surface area contributed by atoms with Crippen molar-refractivity contribution >= 4 is 21.4 Å². The Kier molecular flexibility index (Phi) is 4.99. The van der Waals surface area contributed by atoms with Crippen molar-refractivity contribution in [3.8, 4) is 11.5 Å². The zero-order valence-electron chi connectivity index (χ0n) is 14.5. The van der Waals surface area contributed by atoms with Gasteiger partial charge in [0.1, 0.15) is 11.5 Å². The van der Waals surface area contributed by atoms with Gasteiger partial charge in [0, 0.05) is 16.7 Å². The number of amides is 1. The van der Waals surface area contributed by atoms with Gasteiger partial charge in [0.2, 0.25) is 0 Å². The Morgan fingerprint density at radius 3 is 2.31 bits per heavy atom. The van der Waals surface area contributed by atoms with E-state index in [0.717, 1.165) is 5.41 Å². The lowest BCUT2D eigenvalue weighted by Crippen LogP contribution is -2.41. The minimum absolute atomic E-state index is 0.144. The summed E-state index contributed by atoms with van der Waals surface area (Å²) in [6, 6.07) is 13.1. The van der Waals surface area contributed by atoms with E-state index >= 15 is 0 Å². The molecular weight excluding hydrogens is 354 g/mol. The van der Waals surface area contributed by atoms with E-state index in [2.05, 4.69) is 0 Å². The minimum Gasteiger partial charge on any atom is -0.497 e. The first-order valence-corrected chi connectivity index (χ1v) is 9.68. The van der Waals surface area contributed by atoms with Gasteiger partial charge in [0.25, 0.3) is 5.91 Å². The number of benzene rings is 2. The molecule has 0 radical (unpaired) electrons. The molecule has 26 heavy (non-hydrogen) atoms. The molecule has 0 saturated heterocycles. The highest BCUT2D eigenvalue weighted by molar-refractivity contribution is 7.94. The third-order valence-corrected chi connectivity index (χ3v) is 5.51. The molecule has 0 unspecified atom stereocenters. The summed E-state index contributed by atoms with van der Waals surface area (Å²) in [5, 5.41) is 1.16. The first-order valence-electron chi connectivity index (χ1n) is 7.96. The Bertz CT molecular complexity index is 935. The molecule has 1 heterocycles. The summed E-state index contributed by atoms with van der Waals surface area (Å²) in [5.41, 5.74) is 1.00. The summed E-state index contributed by atoms with van der Waals surface area (Å²) in [4.78, 5) is 14.7. The number of hydrogen-bond acceptors (Lipinski definition) is 5. The molecule has 1 aliphatic heterocycles. The van der Waals surface area contributed by atoms with Crippen molar-refractivity contribution < 1.29 is 22.7 Å². The SMILES string of the molecule is COc1ccc(N(C(=O)c2cccc(OC)c2)[C@@H]2C=CS(=O)(=O)C2)cc1. The van der Waals surface area contributed by atoms with Crippen molar-refractivity contribution in [3.05, 3.63) is 65.6 Å². The van der Waals surface area contributed by atoms with Crippen LogP contribution in [0.3, 0.4) is 0 Å². The average molecular weight is 373 g/mol. The molecule has 0 aliphatic carbocycles. The molecular formula is C19H19NO5S. The number of nitrogens with zero attached hydrogens (tertiary/aromatic N) is 1. The van der Waals surface area contributed by atoms with Gasteiger partial charge in [-0.2, -0.15) is 0 Å². The molecule has 7 heteroatoms. The van der Waals surface area contributed by atoms with E-state index in [1.165, 1.54) is 18.1 Å². The van der Waals surface area contributed by atoms with Gasteiger partial charge in [-0.3, -0.25) is 4.79 Å². The van der Waals surface area contributed by atoms with Gasteiger partial charge < -0.3 is 14.4 Å². The van der Waals surface area contributed by atoms with Crippen molar-refractivity contribution in [2.24, 2.45) is 0 Å². The van der Waals surface area contributed by atoms with Gasteiger partial charge in [-0.05, 0) is 48.5 Å². The van der Waals surface area contributed by atoms with E-state index in [4.69, 9.17) is 9.47 Å². The molecule has 2 aromatic carbocycles. The highest BCUT2D eigenvalue weighted by Gasteiger charge is 2.32. The number of methoxy groups -OCH3 is 2. The van der Waals surface area contributed by atoms with Gasteiger partial charge in [0.15, 0.2) is 9.84 Å². The van der Waals surface area contributed by atoms with Gasteiger partial charge in [-0.1, -0.05) is 6.07 Å². The van der Waals surface area contributed by atoms with Crippen molar-refractivity contribution in [2.75, 3.05) is 24.9 Å². The van der Waals surface area contributed by atoms with E-state index in [9.17, 15) is 13.2 Å². The number of sulfone groups is 1. The van der Waals surface area contributed by atoms with E-state index in [1.807, 2.05) is 0 Å². The van der Waals surface area contributed by atoms with Crippen LogP contribution in [0.15, 0.2) is 60.0 Å². The first kappa shape index (κ1) is 18.0. The second-order valence-corrected chi connectivity index (χ2v) is 7.76. The van der Waals surface area contributed by atoms with E-state index in [-0.39, 0.29) is 11.7 Å². The van der Waals surface area contributed by atoms with Gasteiger partial charge >= 0.3 is 0 Å². The number of carbonyl (C=O) groups is 1. The van der Waals surface area contributed by atoms with Crippen molar-refractivity contribution in [1.82, 2.24) is 0 Å². The molecule has 0 fully saturated rings. The summed E-state index contributed by atoms with van der Waals surface area (Å²) in [6.45, 7) is 0. The van der Waals surface area contributed by atoms with Crippen LogP contribution in [0.25, 0.3) is 0 Å². The smallest absolute Gasteiger partial charge is 0.258 e. The van der Waals surface area contributed by atoms with Crippen molar-refractivity contribution in [3.63, 3.8) is 0 Å². The fourth-order valence-electron chi connectivity index (χ4n) is 2.82. The molecule has 1 aliphatic rings. The van der Waals surface area contributed by atoms with Crippen LogP contribution in [0.5, 0.6) is 11.5 Å². The number of rotatable bonds is 5. The fourth-order valence-corrected chi connectivity index (χ4v) is 4.09. The van der Waals surface area contributed by atoms with Crippen LogP contribution >= 0.6 is 0 Å². The summed E-state index contributed by atoms with van der Waals surface area (Å²) < 4.78 is 34.1. The first-order chi connectivity index (χ1) is 12.4. The predicted octanol–water partition coefficient (Wildman–Crippen LogP) is 2.66. The molecule has 0 bridgehead atoms. The third kappa shape index (κ3) is 3.72. The van der Waals surface area contributed by atoms with Gasteiger partial charge in [-0.25, -0.2) is 8.42 Å². The number of ether oxygens (including phenoxy) is 2. The minimum atomic E-state index is -3.31. The summed E-state index contributed by atoms with van der Waals surface area (Å²) >= 11 is 0. The largest absolute Gasteiger partial charge is 0.497 e. The van der Waals surface area contributed by atoms with Crippen LogP contribution in [-0.4, -0.2) is 40.3 Å². The van der Waals surface area contributed by atoms with Crippen LogP contribution in [0.2, 0.25) is 0 Å². The molecule has 1 amide bonds. The Balaban J connectivity index is 2.01. The molecule has 0 spiro atoms. The van der Waals surface area contributed by atoms with Crippen molar-refractivity contribution in [2.45, 2.75) is 6.04 Å². The van der Waals surface area contributed by atoms with E-state index in [1.54, 1.807) is 55.6 Å². The molecule has 0 saturated carbocycles. The van der Waals surface area contributed by atoms with Crippen LogP contribution < -0.4 is 14.4 Å². The Morgan fingerprint density at radius 1 is 1.04 bits per heavy atom. The van der Waals surface area contributed by atoms with Gasteiger partial charge in [0.05, 0.1) is 26.0 Å². The highest BCUT2D eigenvalue weighted by Crippen LogP contribution is 2.27. The molecule has 136 valence electrons. The number of carbonyl (C=O) groups excluding carboxylic acids is 1. The van der Waals surface area contributed by atoms with E-state index in [0.29, 0.717) is 22.7 Å². The summed E-state index contributed by atoms with van der Waals surface area (Å²) in [6.07, 6.45) is 1.54. The maximum atomic E-state index is 13.2. The molecule has 1 atom stereocenters. The Morgan fingerprint density at radius 2 is 1.73 bits per heavy atom. The van der Waals surface area contributed by atoms with Crippen LogP contribution in [0.1, 0.15) is 10.4 Å². The third-order valence-electron chi connectivity index (χ3n) is 4.13. The van der Waals surface area contributed by atoms with Crippen LogP contribution in [0.4, 0.5) is 5.69 Å². The monoisotopic (exact) mass is 373 g/mol. The maximum absolute atomic E-state index is 13.2. The second-order valence-electron chi connectivity index (χ2n) is 5.83. The average Bonchev–Trinajstić information content (AvgIpc) is 3.01. The lowest BCUT2D eigenvalue weighted by atomic mass is 10.1. The molecule has 0 aromatic heterocycles. The Hall–Kier alpha value is -2.80. The number of anilines is 1. The standard InChI is InChI=1S/C19H19NO5S/c1-24-17-8-6-15(7-9-17)20(16-10-11-26(22,23)13-16)19(21)14-4-3-5-18(12-14)25-2/h3-12,16H,13H2,1-2H3/t16-/m1/s1. The summed E-state index contributed by atoms with van der Waals surface area (Å²) in [7, 11) is -0.233. The lowest BCUT2D eigenvalue weighted by molar-refractivity contribution is 0.0983. The number of hydrogen-bond donors (Lipinski definition) is 0. The Labute approximate surface area is 152 Å². The predicted molar refractivity (Wildman–Crippen MR) is 99.5 cm³/mol.